The monoisotopic (exact) mass is 263 g/mol. The summed E-state index contributed by atoms with van der Waals surface area (Å²) in [5, 5.41) is 13.8. The van der Waals surface area contributed by atoms with Crippen molar-refractivity contribution in [3.63, 3.8) is 0 Å². The first kappa shape index (κ1) is 12.8. The number of aliphatic hydroxyl groups excluding tert-OH is 1. The van der Waals surface area contributed by atoms with E-state index in [-0.39, 0.29) is 5.60 Å². The molecule has 0 saturated carbocycles. The second kappa shape index (κ2) is 4.69. The summed E-state index contributed by atoms with van der Waals surface area (Å²) < 4.78 is 11.5. The van der Waals surface area contributed by atoms with Crippen molar-refractivity contribution in [2.45, 2.75) is 31.5 Å². The number of aliphatic hydroxyl groups is 1. The molecule has 2 N–H and O–H groups in total. The SMILES string of the molecule is COc1ccc2c(c1)OC1(CCNCC1C)C[C@H]2O. The van der Waals surface area contributed by atoms with Gasteiger partial charge in [0, 0.05) is 30.5 Å². The summed E-state index contributed by atoms with van der Waals surface area (Å²) in [4.78, 5) is 0. The molecule has 2 heterocycles. The number of rotatable bonds is 1. The van der Waals surface area contributed by atoms with Crippen LogP contribution in [0.2, 0.25) is 0 Å². The van der Waals surface area contributed by atoms with Crippen molar-refractivity contribution in [1.29, 1.82) is 0 Å². The van der Waals surface area contributed by atoms with Gasteiger partial charge < -0.3 is 19.9 Å². The molecule has 19 heavy (non-hydrogen) atoms. The molecular formula is C15H21NO3. The minimum Gasteiger partial charge on any atom is -0.497 e. The molecule has 0 bridgehead atoms. The molecule has 1 aromatic carbocycles. The Morgan fingerprint density at radius 2 is 2.32 bits per heavy atom. The molecule has 2 unspecified atom stereocenters. The van der Waals surface area contributed by atoms with E-state index in [1.165, 1.54) is 0 Å². The standard InChI is InChI=1S/C15H21NO3/c1-10-9-16-6-5-15(10)8-13(17)12-4-3-11(18-2)7-14(12)19-15/h3-4,7,10,13,16-17H,5-6,8-9H2,1-2H3/t10?,13-,15?/m1/s1. The maximum atomic E-state index is 10.4. The average molecular weight is 263 g/mol. The molecule has 3 atom stereocenters. The van der Waals surface area contributed by atoms with Crippen LogP contribution in [0.25, 0.3) is 0 Å². The highest BCUT2D eigenvalue weighted by Crippen LogP contribution is 2.46. The predicted molar refractivity (Wildman–Crippen MR) is 72.6 cm³/mol. The third-order valence-electron chi connectivity index (χ3n) is 4.51. The van der Waals surface area contributed by atoms with Crippen molar-refractivity contribution in [2.24, 2.45) is 5.92 Å². The molecule has 1 aromatic rings. The van der Waals surface area contributed by atoms with E-state index >= 15 is 0 Å². The normalized spacial score (nSPS) is 33.6. The number of fused-ring (bicyclic) bond motifs is 1. The van der Waals surface area contributed by atoms with Gasteiger partial charge in [-0.05, 0) is 25.1 Å². The van der Waals surface area contributed by atoms with Gasteiger partial charge in [-0.15, -0.1) is 0 Å². The molecule has 104 valence electrons. The first-order valence-electron chi connectivity index (χ1n) is 6.90. The summed E-state index contributed by atoms with van der Waals surface area (Å²) in [6.45, 7) is 4.06. The van der Waals surface area contributed by atoms with E-state index in [2.05, 4.69) is 12.2 Å². The van der Waals surface area contributed by atoms with Crippen LogP contribution in [0, 0.1) is 5.92 Å². The topological polar surface area (TPSA) is 50.7 Å². The summed E-state index contributed by atoms with van der Waals surface area (Å²) in [5.74, 6) is 1.92. The Morgan fingerprint density at radius 3 is 3.05 bits per heavy atom. The zero-order chi connectivity index (χ0) is 13.5. The number of methoxy groups -OCH3 is 1. The van der Waals surface area contributed by atoms with Crippen LogP contribution in [0.4, 0.5) is 0 Å². The summed E-state index contributed by atoms with van der Waals surface area (Å²) in [5.41, 5.74) is 0.626. The fourth-order valence-corrected chi connectivity index (χ4v) is 3.21. The number of benzene rings is 1. The second-order valence-corrected chi connectivity index (χ2v) is 5.65. The zero-order valence-corrected chi connectivity index (χ0v) is 11.5. The first-order valence-corrected chi connectivity index (χ1v) is 6.90. The average Bonchev–Trinajstić information content (AvgIpc) is 2.41. The largest absolute Gasteiger partial charge is 0.497 e. The Labute approximate surface area is 113 Å². The van der Waals surface area contributed by atoms with Gasteiger partial charge >= 0.3 is 0 Å². The van der Waals surface area contributed by atoms with E-state index in [0.717, 1.165) is 36.6 Å². The Balaban J connectivity index is 1.97. The maximum absolute atomic E-state index is 10.4. The molecule has 0 aromatic heterocycles. The molecule has 1 fully saturated rings. The summed E-state index contributed by atoms with van der Waals surface area (Å²) in [7, 11) is 1.64. The predicted octanol–water partition coefficient (Wildman–Crippen LogP) is 1.88. The Kier molecular flexibility index (Phi) is 3.15. The van der Waals surface area contributed by atoms with Crippen LogP contribution < -0.4 is 14.8 Å². The summed E-state index contributed by atoms with van der Waals surface area (Å²) in [6.07, 6.45) is 1.16. The van der Waals surface area contributed by atoms with E-state index in [1.807, 2.05) is 18.2 Å². The van der Waals surface area contributed by atoms with Crippen LogP contribution in [0.15, 0.2) is 18.2 Å². The smallest absolute Gasteiger partial charge is 0.129 e. The molecule has 0 aliphatic carbocycles. The molecule has 2 aliphatic heterocycles. The number of hydrogen-bond acceptors (Lipinski definition) is 4. The second-order valence-electron chi connectivity index (χ2n) is 5.65. The third-order valence-corrected chi connectivity index (χ3v) is 4.51. The lowest BCUT2D eigenvalue weighted by Gasteiger charge is -2.47. The van der Waals surface area contributed by atoms with Crippen molar-refractivity contribution in [2.75, 3.05) is 20.2 Å². The van der Waals surface area contributed by atoms with Gasteiger partial charge in [0.15, 0.2) is 0 Å². The molecule has 2 aliphatic rings. The molecule has 3 rings (SSSR count). The van der Waals surface area contributed by atoms with Gasteiger partial charge in [-0.2, -0.15) is 0 Å². The van der Waals surface area contributed by atoms with Crippen LogP contribution in [0.5, 0.6) is 11.5 Å². The first-order chi connectivity index (χ1) is 9.14. The van der Waals surface area contributed by atoms with Gasteiger partial charge in [-0.1, -0.05) is 6.92 Å². The van der Waals surface area contributed by atoms with Gasteiger partial charge in [0.05, 0.1) is 13.2 Å². The van der Waals surface area contributed by atoms with Crippen LogP contribution in [-0.2, 0) is 0 Å². The van der Waals surface area contributed by atoms with Crippen molar-refractivity contribution < 1.29 is 14.6 Å². The molecule has 0 radical (unpaired) electrons. The van der Waals surface area contributed by atoms with Crippen molar-refractivity contribution in [3.05, 3.63) is 23.8 Å². The van der Waals surface area contributed by atoms with Gasteiger partial charge in [-0.3, -0.25) is 0 Å². The van der Waals surface area contributed by atoms with Crippen LogP contribution in [0.3, 0.4) is 0 Å². The zero-order valence-electron chi connectivity index (χ0n) is 11.5. The molecular weight excluding hydrogens is 242 g/mol. The van der Waals surface area contributed by atoms with Crippen molar-refractivity contribution in [3.8, 4) is 11.5 Å². The Hall–Kier alpha value is -1.26. The highest BCUT2D eigenvalue weighted by atomic mass is 16.5. The molecule has 1 spiro atoms. The summed E-state index contributed by atoms with van der Waals surface area (Å²) in [6, 6.07) is 5.65. The highest BCUT2D eigenvalue weighted by molar-refractivity contribution is 5.44. The molecule has 4 heteroatoms. The molecule has 4 nitrogen and oxygen atoms in total. The van der Waals surface area contributed by atoms with Gasteiger partial charge in [0.25, 0.3) is 0 Å². The molecule has 0 amide bonds. The quantitative estimate of drug-likeness (QED) is 0.812. The minimum atomic E-state index is -0.449. The maximum Gasteiger partial charge on any atom is 0.129 e. The van der Waals surface area contributed by atoms with Crippen molar-refractivity contribution in [1.82, 2.24) is 5.32 Å². The number of hydrogen-bond donors (Lipinski definition) is 2. The van der Waals surface area contributed by atoms with E-state index in [4.69, 9.17) is 9.47 Å². The number of ether oxygens (including phenoxy) is 2. The number of piperidine rings is 1. The van der Waals surface area contributed by atoms with Crippen LogP contribution in [0.1, 0.15) is 31.4 Å². The lowest BCUT2D eigenvalue weighted by Crippen LogP contribution is -2.55. The van der Waals surface area contributed by atoms with Crippen LogP contribution in [-0.4, -0.2) is 30.9 Å². The van der Waals surface area contributed by atoms with E-state index < -0.39 is 6.10 Å². The lowest BCUT2D eigenvalue weighted by atomic mass is 9.76. The minimum absolute atomic E-state index is 0.246. The number of nitrogens with one attached hydrogen (secondary N) is 1. The van der Waals surface area contributed by atoms with E-state index in [0.29, 0.717) is 12.3 Å². The van der Waals surface area contributed by atoms with Crippen molar-refractivity contribution >= 4 is 0 Å². The van der Waals surface area contributed by atoms with Gasteiger partial charge in [0.1, 0.15) is 17.1 Å². The molecule has 1 saturated heterocycles. The summed E-state index contributed by atoms with van der Waals surface area (Å²) >= 11 is 0. The fourth-order valence-electron chi connectivity index (χ4n) is 3.21. The van der Waals surface area contributed by atoms with Gasteiger partial charge in [-0.25, -0.2) is 0 Å². The van der Waals surface area contributed by atoms with Crippen LogP contribution >= 0.6 is 0 Å². The Morgan fingerprint density at radius 1 is 1.47 bits per heavy atom. The van der Waals surface area contributed by atoms with E-state index in [1.54, 1.807) is 7.11 Å². The Bertz CT molecular complexity index is 476. The lowest BCUT2D eigenvalue weighted by molar-refractivity contribution is -0.0660. The third kappa shape index (κ3) is 2.09. The highest BCUT2D eigenvalue weighted by Gasteiger charge is 2.45. The van der Waals surface area contributed by atoms with E-state index in [9.17, 15) is 5.11 Å². The van der Waals surface area contributed by atoms with Gasteiger partial charge in [0.2, 0.25) is 0 Å². The fraction of sp³-hybridized carbons (Fsp3) is 0.600.